The molecule has 0 aliphatic carbocycles. The van der Waals surface area contributed by atoms with Crippen LogP contribution in [-0.2, 0) is 16.1 Å². The number of carbonyl (C=O) groups excluding carboxylic acids is 1. The molecule has 1 aliphatic rings. The van der Waals surface area contributed by atoms with Gasteiger partial charge in [-0.3, -0.25) is 4.90 Å². The highest BCUT2D eigenvalue weighted by molar-refractivity contribution is 5.93. The van der Waals surface area contributed by atoms with Gasteiger partial charge < -0.3 is 14.5 Å². The van der Waals surface area contributed by atoms with Crippen molar-refractivity contribution >= 4 is 17.0 Å². The molecule has 6 nitrogen and oxygen atoms in total. The standard InChI is InChI=1S/C17H22FN3O3/c1-10(2)21-7-12(18)15(8-21)24-9-16-19-13-5-4-11(17(22)23-3)6-14(13)20-16/h4-6,10,12,15H,7-9H2,1-3H3,(H,19,20). The van der Waals surface area contributed by atoms with Crippen LogP contribution in [0.1, 0.15) is 30.0 Å². The SMILES string of the molecule is COC(=O)c1ccc2nc(COC3CN(C(C)C)CC3F)[nH]c2c1. The average molecular weight is 335 g/mol. The van der Waals surface area contributed by atoms with E-state index in [0.717, 1.165) is 11.0 Å². The summed E-state index contributed by atoms with van der Waals surface area (Å²) in [6.45, 7) is 5.30. The third kappa shape index (κ3) is 3.42. The largest absolute Gasteiger partial charge is 0.465 e. The smallest absolute Gasteiger partial charge is 0.337 e. The molecule has 2 unspecified atom stereocenters. The molecule has 0 spiro atoms. The summed E-state index contributed by atoms with van der Waals surface area (Å²) in [5.74, 6) is 0.214. The molecule has 0 bridgehead atoms. The Kier molecular flexibility index (Phi) is 4.82. The van der Waals surface area contributed by atoms with Crippen LogP contribution in [0.25, 0.3) is 11.0 Å². The number of hydrogen-bond donors (Lipinski definition) is 1. The zero-order valence-corrected chi connectivity index (χ0v) is 14.1. The van der Waals surface area contributed by atoms with Crippen molar-refractivity contribution in [2.45, 2.75) is 38.8 Å². The summed E-state index contributed by atoms with van der Waals surface area (Å²) in [4.78, 5) is 21.1. The van der Waals surface area contributed by atoms with E-state index in [1.54, 1.807) is 18.2 Å². The lowest BCUT2D eigenvalue weighted by molar-refractivity contribution is 0.00814. The van der Waals surface area contributed by atoms with E-state index in [1.807, 2.05) is 13.8 Å². The molecule has 0 amide bonds. The van der Waals surface area contributed by atoms with Crippen molar-refractivity contribution in [1.82, 2.24) is 14.9 Å². The molecule has 24 heavy (non-hydrogen) atoms. The number of aromatic amines is 1. The number of benzene rings is 1. The van der Waals surface area contributed by atoms with Gasteiger partial charge in [-0.1, -0.05) is 0 Å². The normalized spacial score (nSPS) is 21.7. The van der Waals surface area contributed by atoms with Gasteiger partial charge in [0.05, 0.1) is 23.7 Å². The van der Waals surface area contributed by atoms with Crippen LogP contribution in [0.4, 0.5) is 4.39 Å². The quantitative estimate of drug-likeness (QED) is 0.849. The highest BCUT2D eigenvalue weighted by Gasteiger charge is 2.34. The van der Waals surface area contributed by atoms with Crippen molar-refractivity contribution in [3.8, 4) is 0 Å². The number of rotatable bonds is 5. The first-order valence-corrected chi connectivity index (χ1v) is 8.04. The molecule has 1 N–H and O–H groups in total. The molecule has 2 aromatic rings. The third-order valence-electron chi connectivity index (χ3n) is 4.34. The molecule has 1 fully saturated rings. The zero-order valence-electron chi connectivity index (χ0n) is 14.1. The Balaban J connectivity index is 1.66. The van der Waals surface area contributed by atoms with Crippen LogP contribution in [0.15, 0.2) is 18.2 Å². The second-order valence-corrected chi connectivity index (χ2v) is 6.32. The van der Waals surface area contributed by atoms with Crippen LogP contribution in [0.3, 0.4) is 0 Å². The Bertz CT molecular complexity index is 731. The summed E-state index contributed by atoms with van der Waals surface area (Å²) >= 11 is 0. The zero-order chi connectivity index (χ0) is 17.3. The van der Waals surface area contributed by atoms with Crippen LogP contribution < -0.4 is 0 Å². The van der Waals surface area contributed by atoms with Gasteiger partial charge in [-0.05, 0) is 32.0 Å². The summed E-state index contributed by atoms with van der Waals surface area (Å²) in [7, 11) is 1.34. The van der Waals surface area contributed by atoms with Crippen LogP contribution in [0, 0.1) is 0 Å². The first-order chi connectivity index (χ1) is 11.5. The molecular formula is C17H22FN3O3. The topological polar surface area (TPSA) is 67.5 Å². The minimum atomic E-state index is -0.984. The Morgan fingerprint density at radius 3 is 2.92 bits per heavy atom. The number of hydrogen-bond acceptors (Lipinski definition) is 5. The number of aromatic nitrogens is 2. The fourth-order valence-electron chi connectivity index (χ4n) is 2.90. The molecule has 2 atom stereocenters. The minimum Gasteiger partial charge on any atom is -0.465 e. The van der Waals surface area contributed by atoms with Crippen LogP contribution >= 0.6 is 0 Å². The number of H-pyrrole nitrogens is 1. The molecule has 1 aromatic carbocycles. The van der Waals surface area contributed by atoms with Crippen molar-refractivity contribution in [3.05, 3.63) is 29.6 Å². The number of carbonyl (C=O) groups is 1. The fraction of sp³-hybridized carbons (Fsp3) is 0.529. The first-order valence-electron chi connectivity index (χ1n) is 8.04. The average Bonchev–Trinajstić information content (AvgIpc) is 3.14. The predicted octanol–water partition coefficient (Wildman–Crippen LogP) is 2.30. The first kappa shape index (κ1) is 16.9. The molecule has 0 saturated carbocycles. The number of alkyl halides is 1. The van der Waals surface area contributed by atoms with Gasteiger partial charge >= 0.3 is 5.97 Å². The lowest BCUT2D eigenvalue weighted by Gasteiger charge is -2.19. The fourth-order valence-corrected chi connectivity index (χ4v) is 2.90. The lowest BCUT2D eigenvalue weighted by atomic mass is 10.2. The number of nitrogens with one attached hydrogen (secondary N) is 1. The molecule has 1 saturated heterocycles. The highest BCUT2D eigenvalue weighted by Crippen LogP contribution is 2.21. The van der Waals surface area contributed by atoms with Crippen molar-refractivity contribution in [3.63, 3.8) is 0 Å². The van der Waals surface area contributed by atoms with E-state index in [2.05, 4.69) is 14.9 Å². The van der Waals surface area contributed by atoms with E-state index >= 15 is 0 Å². The summed E-state index contributed by atoms with van der Waals surface area (Å²) in [6.07, 6.45) is -1.42. The molecule has 3 rings (SSSR count). The Morgan fingerprint density at radius 1 is 1.46 bits per heavy atom. The van der Waals surface area contributed by atoms with Crippen molar-refractivity contribution in [2.75, 3.05) is 20.2 Å². The van der Waals surface area contributed by atoms with Crippen molar-refractivity contribution in [2.24, 2.45) is 0 Å². The second-order valence-electron chi connectivity index (χ2n) is 6.32. The molecule has 1 aromatic heterocycles. The van der Waals surface area contributed by atoms with Crippen molar-refractivity contribution < 1.29 is 18.7 Å². The predicted molar refractivity (Wildman–Crippen MR) is 87.6 cm³/mol. The molecule has 130 valence electrons. The summed E-state index contributed by atoms with van der Waals surface area (Å²) in [6, 6.07) is 5.40. The Labute approximate surface area is 139 Å². The van der Waals surface area contributed by atoms with Gasteiger partial charge in [0.25, 0.3) is 0 Å². The van der Waals surface area contributed by atoms with Gasteiger partial charge in [-0.2, -0.15) is 0 Å². The maximum Gasteiger partial charge on any atom is 0.337 e. The molecule has 7 heteroatoms. The van der Waals surface area contributed by atoms with Crippen molar-refractivity contribution in [1.29, 1.82) is 0 Å². The monoisotopic (exact) mass is 335 g/mol. The lowest BCUT2D eigenvalue weighted by Crippen LogP contribution is -2.29. The van der Waals surface area contributed by atoms with Gasteiger partial charge in [0.15, 0.2) is 0 Å². The van der Waals surface area contributed by atoms with E-state index in [9.17, 15) is 9.18 Å². The molecule has 2 heterocycles. The van der Waals surface area contributed by atoms with Crippen LogP contribution in [0.5, 0.6) is 0 Å². The number of fused-ring (bicyclic) bond motifs is 1. The second kappa shape index (κ2) is 6.86. The third-order valence-corrected chi connectivity index (χ3v) is 4.34. The van der Waals surface area contributed by atoms with E-state index in [1.165, 1.54) is 7.11 Å². The number of halogens is 1. The Hall–Kier alpha value is -1.99. The number of esters is 1. The molecule has 0 radical (unpaired) electrons. The summed E-state index contributed by atoms with van der Waals surface area (Å²) in [5.41, 5.74) is 1.91. The maximum atomic E-state index is 14.0. The number of likely N-dealkylation sites (tertiary alicyclic amines) is 1. The van der Waals surface area contributed by atoms with E-state index < -0.39 is 18.2 Å². The minimum absolute atomic E-state index is 0.208. The van der Waals surface area contributed by atoms with Gasteiger partial charge in [-0.25, -0.2) is 14.2 Å². The summed E-state index contributed by atoms with van der Waals surface area (Å²) in [5, 5.41) is 0. The Morgan fingerprint density at radius 2 is 2.25 bits per heavy atom. The van der Waals surface area contributed by atoms with Gasteiger partial charge in [0.1, 0.15) is 24.7 Å². The van der Waals surface area contributed by atoms with E-state index in [-0.39, 0.29) is 6.61 Å². The highest BCUT2D eigenvalue weighted by atomic mass is 19.1. The van der Waals surface area contributed by atoms with Gasteiger partial charge in [-0.15, -0.1) is 0 Å². The maximum absolute atomic E-state index is 14.0. The molecule has 1 aliphatic heterocycles. The van der Waals surface area contributed by atoms with Crippen LogP contribution in [0.2, 0.25) is 0 Å². The van der Waals surface area contributed by atoms with Gasteiger partial charge in [0.2, 0.25) is 0 Å². The van der Waals surface area contributed by atoms with E-state index in [0.29, 0.717) is 30.5 Å². The van der Waals surface area contributed by atoms with Gasteiger partial charge in [0, 0.05) is 19.1 Å². The number of nitrogens with zero attached hydrogens (tertiary/aromatic N) is 2. The summed E-state index contributed by atoms with van der Waals surface area (Å²) < 4.78 is 24.4. The molecular weight excluding hydrogens is 313 g/mol. The number of ether oxygens (including phenoxy) is 2. The van der Waals surface area contributed by atoms with E-state index in [4.69, 9.17) is 9.47 Å². The van der Waals surface area contributed by atoms with Crippen LogP contribution in [-0.4, -0.2) is 59.4 Å². The number of methoxy groups -OCH3 is 1. The number of imidazole rings is 1.